The van der Waals surface area contributed by atoms with Crippen molar-refractivity contribution in [3.8, 4) is 5.75 Å². The van der Waals surface area contributed by atoms with Crippen molar-refractivity contribution in [2.75, 3.05) is 0 Å². The summed E-state index contributed by atoms with van der Waals surface area (Å²) < 4.78 is 25.3. The average molecular weight is 350 g/mol. The molecule has 0 bridgehead atoms. The van der Waals surface area contributed by atoms with E-state index in [1.54, 1.807) is 6.07 Å². The van der Waals surface area contributed by atoms with Gasteiger partial charge in [-0.25, -0.2) is 4.39 Å². The standard InChI is InChI=1S/C16H13BrFNO2/c17-10-5-11(18)7-12(6-10)20-9-14-13-3-1-2-4-15(13)21-16(14)8-19/h1-7H,8-9,19H2. The lowest BCUT2D eigenvalue weighted by atomic mass is 10.1. The number of ether oxygens (including phenoxy) is 1. The van der Waals surface area contributed by atoms with Crippen LogP contribution in [-0.4, -0.2) is 0 Å². The fourth-order valence-electron chi connectivity index (χ4n) is 2.24. The molecule has 0 fully saturated rings. The van der Waals surface area contributed by atoms with Crippen LogP contribution < -0.4 is 10.5 Å². The van der Waals surface area contributed by atoms with Gasteiger partial charge in [0.2, 0.25) is 0 Å². The molecule has 2 N–H and O–H groups in total. The van der Waals surface area contributed by atoms with Crippen LogP contribution in [0.5, 0.6) is 5.75 Å². The summed E-state index contributed by atoms with van der Waals surface area (Å²) in [7, 11) is 0. The molecular formula is C16H13BrFNO2. The molecule has 0 radical (unpaired) electrons. The Kier molecular flexibility index (Phi) is 3.94. The van der Waals surface area contributed by atoms with Gasteiger partial charge in [-0.3, -0.25) is 0 Å². The monoisotopic (exact) mass is 349 g/mol. The molecule has 0 aliphatic heterocycles. The zero-order valence-corrected chi connectivity index (χ0v) is 12.7. The van der Waals surface area contributed by atoms with Crippen LogP contribution in [0.4, 0.5) is 4.39 Å². The third-order valence-corrected chi connectivity index (χ3v) is 3.64. The molecule has 0 aliphatic carbocycles. The zero-order chi connectivity index (χ0) is 14.8. The highest BCUT2D eigenvalue weighted by molar-refractivity contribution is 9.10. The molecule has 21 heavy (non-hydrogen) atoms. The van der Waals surface area contributed by atoms with Gasteiger partial charge in [-0.15, -0.1) is 0 Å². The maximum Gasteiger partial charge on any atom is 0.134 e. The summed E-state index contributed by atoms with van der Waals surface area (Å²) in [5, 5.41) is 0.966. The molecule has 3 nitrogen and oxygen atoms in total. The Labute approximate surface area is 129 Å². The molecule has 1 aromatic heterocycles. The van der Waals surface area contributed by atoms with Crippen LogP contribution in [0.15, 0.2) is 51.4 Å². The molecule has 108 valence electrons. The topological polar surface area (TPSA) is 48.4 Å². The molecular weight excluding hydrogens is 337 g/mol. The van der Waals surface area contributed by atoms with Crippen molar-refractivity contribution in [2.45, 2.75) is 13.2 Å². The van der Waals surface area contributed by atoms with Crippen molar-refractivity contribution in [1.29, 1.82) is 0 Å². The zero-order valence-electron chi connectivity index (χ0n) is 11.1. The quantitative estimate of drug-likeness (QED) is 0.760. The van der Waals surface area contributed by atoms with Crippen LogP contribution in [0, 0.1) is 5.82 Å². The minimum Gasteiger partial charge on any atom is -0.489 e. The van der Waals surface area contributed by atoms with E-state index >= 15 is 0 Å². The summed E-state index contributed by atoms with van der Waals surface area (Å²) in [6, 6.07) is 12.1. The van der Waals surface area contributed by atoms with Crippen molar-refractivity contribution in [3.05, 3.63) is 64.1 Å². The molecule has 0 amide bonds. The molecule has 0 atom stereocenters. The van der Waals surface area contributed by atoms with Gasteiger partial charge in [0.1, 0.15) is 29.5 Å². The first kappa shape index (κ1) is 14.1. The van der Waals surface area contributed by atoms with Crippen molar-refractivity contribution < 1.29 is 13.5 Å². The van der Waals surface area contributed by atoms with Crippen LogP contribution in [0.25, 0.3) is 11.0 Å². The van der Waals surface area contributed by atoms with Crippen molar-refractivity contribution in [3.63, 3.8) is 0 Å². The molecule has 0 unspecified atom stereocenters. The summed E-state index contributed by atoms with van der Waals surface area (Å²) in [6.07, 6.45) is 0. The van der Waals surface area contributed by atoms with E-state index in [-0.39, 0.29) is 12.4 Å². The van der Waals surface area contributed by atoms with Gasteiger partial charge in [0.25, 0.3) is 0 Å². The molecule has 0 saturated heterocycles. The second-order valence-corrected chi connectivity index (χ2v) is 5.51. The van der Waals surface area contributed by atoms with Gasteiger partial charge >= 0.3 is 0 Å². The fraction of sp³-hybridized carbons (Fsp3) is 0.125. The number of hydrogen-bond acceptors (Lipinski definition) is 3. The lowest BCUT2D eigenvalue weighted by Gasteiger charge is -2.07. The Bertz CT molecular complexity index is 765. The van der Waals surface area contributed by atoms with Crippen LogP contribution >= 0.6 is 15.9 Å². The average Bonchev–Trinajstić information content (AvgIpc) is 2.82. The molecule has 0 saturated carbocycles. The van der Waals surface area contributed by atoms with Crippen LogP contribution in [-0.2, 0) is 13.2 Å². The van der Waals surface area contributed by atoms with Crippen LogP contribution in [0.1, 0.15) is 11.3 Å². The third-order valence-electron chi connectivity index (χ3n) is 3.19. The largest absolute Gasteiger partial charge is 0.489 e. The van der Waals surface area contributed by atoms with Gasteiger partial charge < -0.3 is 14.9 Å². The fourth-order valence-corrected chi connectivity index (χ4v) is 2.68. The highest BCUT2D eigenvalue weighted by Crippen LogP contribution is 2.28. The number of para-hydroxylation sites is 1. The maximum absolute atomic E-state index is 13.3. The van der Waals surface area contributed by atoms with Gasteiger partial charge in [0, 0.05) is 21.5 Å². The van der Waals surface area contributed by atoms with Gasteiger partial charge in [-0.05, 0) is 18.2 Å². The molecule has 5 heteroatoms. The van der Waals surface area contributed by atoms with Gasteiger partial charge in [-0.2, -0.15) is 0 Å². The highest BCUT2D eigenvalue weighted by atomic mass is 79.9. The number of fused-ring (bicyclic) bond motifs is 1. The van der Waals surface area contributed by atoms with Crippen LogP contribution in [0.3, 0.4) is 0 Å². The van der Waals surface area contributed by atoms with Crippen molar-refractivity contribution in [1.82, 2.24) is 0 Å². The number of rotatable bonds is 4. The Hall–Kier alpha value is -1.85. The first-order chi connectivity index (χ1) is 10.2. The van der Waals surface area contributed by atoms with E-state index in [0.29, 0.717) is 22.5 Å². The Morgan fingerprint density at radius 1 is 1.19 bits per heavy atom. The summed E-state index contributed by atoms with van der Waals surface area (Å²) in [4.78, 5) is 0. The molecule has 0 aliphatic rings. The predicted molar refractivity (Wildman–Crippen MR) is 82.5 cm³/mol. The van der Waals surface area contributed by atoms with E-state index in [9.17, 15) is 4.39 Å². The number of benzene rings is 2. The first-order valence-corrected chi connectivity index (χ1v) is 7.25. The van der Waals surface area contributed by atoms with E-state index in [4.69, 9.17) is 14.9 Å². The molecule has 3 aromatic rings. The second kappa shape index (κ2) is 5.87. The predicted octanol–water partition coefficient (Wildman–Crippen LogP) is 4.37. The Balaban J connectivity index is 1.90. The first-order valence-electron chi connectivity index (χ1n) is 6.45. The molecule has 2 aromatic carbocycles. The minimum atomic E-state index is -0.351. The van der Waals surface area contributed by atoms with E-state index < -0.39 is 0 Å². The SMILES string of the molecule is NCc1oc2ccccc2c1COc1cc(F)cc(Br)c1. The number of halogens is 2. The smallest absolute Gasteiger partial charge is 0.134 e. The molecule has 1 heterocycles. The maximum atomic E-state index is 13.3. The second-order valence-electron chi connectivity index (χ2n) is 4.60. The van der Waals surface area contributed by atoms with Gasteiger partial charge in [0.05, 0.1) is 6.54 Å². The van der Waals surface area contributed by atoms with Crippen LogP contribution in [0.2, 0.25) is 0 Å². The summed E-state index contributed by atoms with van der Waals surface area (Å²) >= 11 is 3.24. The van der Waals surface area contributed by atoms with Gasteiger partial charge in [-0.1, -0.05) is 34.1 Å². The normalized spacial score (nSPS) is 11.0. The van der Waals surface area contributed by atoms with E-state index in [0.717, 1.165) is 16.5 Å². The molecule has 3 rings (SSSR count). The summed E-state index contributed by atoms with van der Waals surface area (Å²) in [5.74, 6) is 0.789. The van der Waals surface area contributed by atoms with Crippen molar-refractivity contribution >= 4 is 26.9 Å². The minimum absolute atomic E-state index is 0.277. The lowest BCUT2D eigenvalue weighted by Crippen LogP contribution is -2.02. The number of nitrogens with two attached hydrogens (primary N) is 1. The Morgan fingerprint density at radius 3 is 2.76 bits per heavy atom. The van der Waals surface area contributed by atoms with E-state index in [1.807, 2.05) is 24.3 Å². The summed E-state index contributed by atoms with van der Waals surface area (Å²) in [5.41, 5.74) is 7.39. The van der Waals surface area contributed by atoms with E-state index in [2.05, 4.69) is 15.9 Å². The molecule has 0 spiro atoms. The van der Waals surface area contributed by atoms with E-state index in [1.165, 1.54) is 12.1 Å². The highest BCUT2D eigenvalue weighted by Gasteiger charge is 2.13. The lowest BCUT2D eigenvalue weighted by molar-refractivity contribution is 0.301. The summed E-state index contributed by atoms with van der Waals surface area (Å²) in [6.45, 7) is 0.569. The number of furan rings is 1. The van der Waals surface area contributed by atoms with Crippen molar-refractivity contribution in [2.24, 2.45) is 5.73 Å². The Morgan fingerprint density at radius 2 is 2.00 bits per heavy atom. The van der Waals surface area contributed by atoms with Gasteiger partial charge in [0.15, 0.2) is 0 Å². The third kappa shape index (κ3) is 2.94. The number of hydrogen-bond donors (Lipinski definition) is 1.